The van der Waals surface area contributed by atoms with Crippen LogP contribution in [0.3, 0.4) is 0 Å². The summed E-state index contributed by atoms with van der Waals surface area (Å²) in [5.41, 5.74) is 5.33. The summed E-state index contributed by atoms with van der Waals surface area (Å²) in [4.78, 5) is 21.6. The summed E-state index contributed by atoms with van der Waals surface area (Å²) in [6, 6.07) is 0. The molecule has 76 valence electrons. The van der Waals surface area contributed by atoms with Gasteiger partial charge >= 0.3 is 11.9 Å². The van der Waals surface area contributed by atoms with Gasteiger partial charge in [-0.3, -0.25) is 9.59 Å². The third-order valence-electron chi connectivity index (χ3n) is 1.68. The number of hydrogen-bond donors (Lipinski definition) is 1. The van der Waals surface area contributed by atoms with E-state index < -0.39 is 24.0 Å². The molecule has 0 unspecified atom stereocenters. The van der Waals surface area contributed by atoms with Gasteiger partial charge in [-0.15, -0.1) is 0 Å². The molecule has 0 saturated carbocycles. The Morgan fingerprint density at radius 1 is 1.46 bits per heavy atom. The fraction of sp³-hybridized carbons (Fsp3) is 0.750. The molecule has 5 heteroatoms. The van der Waals surface area contributed by atoms with E-state index in [-0.39, 0.29) is 6.54 Å². The van der Waals surface area contributed by atoms with Crippen molar-refractivity contribution in [1.29, 1.82) is 0 Å². The molecule has 0 spiro atoms. The van der Waals surface area contributed by atoms with Crippen molar-refractivity contribution in [2.45, 2.75) is 20.0 Å². The van der Waals surface area contributed by atoms with Gasteiger partial charge in [0.1, 0.15) is 6.10 Å². The molecular weight excluding hydrogens is 174 g/mol. The lowest BCUT2D eigenvalue weighted by atomic mass is 10.1. The molecule has 2 atom stereocenters. The zero-order valence-corrected chi connectivity index (χ0v) is 8.07. The highest BCUT2D eigenvalue weighted by atomic mass is 16.6. The Hall–Kier alpha value is -1.10. The van der Waals surface area contributed by atoms with Crippen molar-refractivity contribution >= 4 is 11.9 Å². The maximum absolute atomic E-state index is 11.0. The van der Waals surface area contributed by atoms with E-state index >= 15 is 0 Å². The van der Waals surface area contributed by atoms with E-state index in [4.69, 9.17) is 10.5 Å². The van der Waals surface area contributed by atoms with Crippen LogP contribution in [0.15, 0.2) is 0 Å². The van der Waals surface area contributed by atoms with Gasteiger partial charge in [0, 0.05) is 13.5 Å². The fourth-order valence-corrected chi connectivity index (χ4v) is 0.905. The molecule has 0 aliphatic heterocycles. The van der Waals surface area contributed by atoms with Gasteiger partial charge in [-0.2, -0.15) is 0 Å². The van der Waals surface area contributed by atoms with Crippen LogP contribution in [0.1, 0.15) is 13.8 Å². The molecule has 13 heavy (non-hydrogen) atoms. The molecular formula is C8H15NO4. The summed E-state index contributed by atoms with van der Waals surface area (Å²) in [6.07, 6.45) is -0.607. The average Bonchev–Trinajstić information content (AvgIpc) is 2.11. The molecule has 0 aromatic heterocycles. The van der Waals surface area contributed by atoms with E-state index in [1.54, 1.807) is 6.92 Å². The van der Waals surface area contributed by atoms with Crippen molar-refractivity contribution in [3.63, 3.8) is 0 Å². The van der Waals surface area contributed by atoms with Crippen molar-refractivity contribution in [2.75, 3.05) is 13.7 Å². The van der Waals surface area contributed by atoms with Gasteiger partial charge < -0.3 is 15.2 Å². The minimum atomic E-state index is -0.607. The van der Waals surface area contributed by atoms with E-state index in [9.17, 15) is 9.59 Å². The third kappa shape index (κ3) is 3.89. The lowest BCUT2D eigenvalue weighted by Crippen LogP contribution is -2.36. The summed E-state index contributed by atoms with van der Waals surface area (Å²) in [6.45, 7) is 2.98. The second kappa shape index (κ2) is 5.53. The van der Waals surface area contributed by atoms with E-state index in [2.05, 4.69) is 4.74 Å². The Morgan fingerprint density at radius 3 is 2.31 bits per heavy atom. The molecule has 0 amide bonds. The van der Waals surface area contributed by atoms with Crippen LogP contribution in [-0.4, -0.2) is 31.7 Å². The standard InChI is InChI=1S/C8H15NO4/c1-5(8(11)12-3)7(4-9)13-6(2)10/h5,7H,4,9H2,1-3H3/t5-,7+/m0/s1. The molecule has 0 bridgehead atoms. The predicted octanol–water partition coefficient (Wildman–Crippen LogP) is -0.314. The van der Waals surface area contributed by atoms with Gasteiger partial charge in [0.05, 0.1) is 13.0 Å². The first-order valence-corrected chi connectivity index (χ1v) is 3.98. The second-order valence-electron chi connectivity index (χ2n) is 2.70. The minimum absolute atomic E-state index is 0.107. The first-order chi connectivity index (χ1) is 6.02. The van der Waals surface area contributed by atoms with Crippen LogP contribution in [0.25, 0.3) is 0 Å². The third-order valence-corrected chi connectivity index (χ3v) is 1.68. The van der Waals surface area contributed by atoms with Crippen LogP contribution < -0.4 is 5.73 Å². The van der Waals surface area contributed by atoms with Crippen molar-refractivity contribution in [1.82, 2.24) is 0 Å². The average molecular weight is 189 g/mol. The van der Waals surface area contributed by atoms with Crippen LogP contribution in [0.2, 0.25) is 0 Å². The number of esters is 2. The van der Waals surface area contributed by atoms with E-state index in [1.165, 1.54) is 14.0 Å². The fourth-order valence-electron chi connectivity index (χ4n) is 0.905. The monoisotopic (exact) mass is 189 g/mol. The summed E-state index contributed by atoms with van der Waals surface area (Å²) < 4.78 is 9.31. The number of hydrogen-bond acceptors (Lipinski definition) is 5. The topological polar surface area (TPSA) is 78.6 Å². The molecule has 0 aromatic carbocycles. The SMILES string of the molecule is COC(=O)[C@@H](C)[C@@H](CN)OC(C)=O. The van der Waals surface area contributed by atoms with Crippen molar-refractivity contribution in [2.24, 2.45) is 11.7 Å². The first kappa shape index (κ1) is 11.9. The van der Waals surface area contributed by atoms with Crippen LogP contribution in [-0.2, 0) is 19.1 Å². The molecule has 0 aromatic rings. The highest BCUT2D eigenvalue weighted by molar-refractivity contribution is 5.73. The Bertz CT molecular complexity index is 193. The number of carbonyl (C=O) groups is 2. The van der Waals surface area contributed by atoms with Crippen LogP contribution in [0.5, 0.6) is 0 Å². The number of nitrogens with two attached hydrogens (primary N) is 1. The van der Waals surface area contributed by atoms with Gasteiger partial charge in [-0.25, -0.2) is 0 Å². The summed E-state index contributed by atoms with van der Waals surface area (Å²) in [5.74, 6) is -1.41. The number of methoxy groups -OCH3 is 1. The Kier molecular flexibility index (Phi) is 5.06. The van der Waals surface area contributed by atoms with E-state index in [0.717, 1.165) is 0 Å². The quantitative estimate of drug-likeness (QED) is 0.613. The number of ether oxygens (including phenoxy) is 2. The van der Waals surface area contributed by atoms with Gasteiger partial charge in [0.2, 0.25) is 0 Å². The largest absolute Gasteiger partial charge is 0.469 e. The van der Waals surface area contributed by atoms with Gasteiger partial charge in [-0.1, -0.05) is 0 Å². The summed E-state index contributed by atoms with van der Waals surface area (Å²) in [7, 11) is 1.28. The molecule has 0 radical (unpaired) electrons. The molecule has 0 aliphatic rings. The maximum atomic E-state index is 11.0. The summed E-state index contributed by atoms with van der Waals surface area (Å²) >= 11 is 0. The minimum Gasteiger partial charge on any atom is -0.469 e. The summed E-state index contributed by atoms with van der Waals surface area (Å²) in [5, 5.41) is 0. The van der Waals surface area contributed by atoms with Crippen molar-refractivity contribution in [3.8, 4) is 0 Å². The lowest BCUT2D eigenvalue weighted by molar-refractivity contribution is -0.157. The molecule has 2 N–H and O–H groups in total. The second-order valence-corrected chi connectivity index (χ2v) is 2.70. The Labute approximate surface area is 77.2 Å². The first-order valence-electron chi connectivity index (χ1n) is 3.98. The zero-order chi connectivity index (χ0) is 10.4. The maximum Gasteiger partial charge on any atom is 0.312 e. The molecule has 0 aliphatic carbocycles. The lowest BCUT2D eigenvalue weighted by Gasteiger charge is -2.19. The van der Waals surface area contributed by atoms with Crippen molar-refractivity contribution < 1.29 is 19.1 Å². The Balaban J connectivity index is 4.22. The number of rotatable bonds is 4. The molecule has 0 saturated heterocycles. The smallest absolute Gasteiger partial charge is 0.312 e. The highest BCUT2D eigenvalue weighted by Gasteiger charge is 2.25. The van der Waals surface area contributed by atoms with Gasteiger partial charge in [0.25, 0.3) is 0 Å². The highest BCUT2D eigenvalue weighted by Crippen LogP contribution is 2.08. The predicted molar refractivity (Wildman–Crippen MR) is 45.8 cm³/mol. The van der Waals surface area contributed by atoms with Crippen LogP contribution in [0.4, 0.5) is 0 Å². The van der Waals surface area contributed by atoms with Gasteiger partial charge in [0.15, 0.2) is 0 Å². The zero-order valence-electron chi connectivity index (χ0n) is 8.07. The van der Waals surface area contributed by atoms with Crippen LogP contribution in [0, 0.1) is 5.92 Å². The molecule has 0 rings (SSSR count). The number of carbonyl (C=O) groups excluding carboxylic acids is 2. The van der Waals surface area contributed by atoms with Gasteiger partial charge in [-0.05, 0) is 6.92 Å². The molecule has 0 heterocycles. The van der Waals surface area contributed by atoms with E-state index in [1.807, 2.05) is 0 Å². The molecule has 0 fully saturated rings. The van der Waals surface area contributed by atoms with Crippen LogP contribution >= 0.6 is 0 Å². The van der Waals surface area contributed by atoms with E-state index in [0.29, 0.717) is 0 Å². The Morgan fingerprint density at radius 2 is 2.00 bits per heavy atom. The normalized spacial score (nSPS) is 14.5. The van der Waals surface area contributed by atoms with Crippen molar-refractivity contribution in [3.05, 3.63) is 0 Å². The molecule has 5 nitrogen and oxygen atoms in total.